The quantitative estimate of drug-likeness (QED) is 0.559. The van der Waals surface area contributed by atoms with E-state index in [-0.39, 0.29) is 21.4 Å². The van der Waals surface area contributed by atoms with Crippen LogP contribution in [0.1, 0.15) is 5.56 Å². The van der Waals surface area contributed by atoms with E-state index in [1.807, 2.05) is 0 Å². The van der Waals surface area contributed by atoms with E-state index in [1.54, 1.807) is 30.3 Å². The van der Waals surface area contributed by atoms with Crippen molar-refractivity contribution < 1.29 is 18.3 Å². The number of para-hydroxylation sites is 1. The van der Waals surface area contributed by atoms with Crippen LogP contribution in [-0.4, -0.2) is 38.4 Å². The second kappa shape index (κ2) is 8.39. The summed E-state index contributed by atoms with van der Waals surface area (Å²) in [5.41, 5.74) is 2.75. The third-order valence-corrected chi connectivity index (χ3v) is 4.83. The monoisotopic (exact) mass is 415 g/mol. The van der Waals surface area contributed by atoms with E-state index in [2.05, 4.69) is 10.5 Å². The van der Waals surface area contributed by atoms with Crippen molar-refractivity contribution in [2.75, 3.05) is 17.1 Å². The van der Waals surface area contributed by atoms with Gasteiger partial charge in [-0.15, -0.1) is 0 Å². The Kier molecular flexibility index (Phi) is 6.47. The molecule has 26 heavy (non-hydrogen) atoms. The Morgan fingerprint density at radius 2 is 1.92 bits per heavy atom. The molecule has 0 aliphatic carbocycles. The molecule has 0 radical (unpaired) electrons. The number of carbonyl (C=O) groups excluding carboxylic acids is 1. The van der Waals surface area contributed by atoms with Gasteiger partial charge in [0.25, 0.3) is 5.91 Å². The number of rotatable bonds is 6. The van der Waals surface area contributed by atoms with Crippen LogP contribution in [0, 0.1) is 0 Å². The molecule has 2 aromatic carbocycles. The summed E-state index contributed by atoms with van der Waals surface area (Å²) >= 11 is 11.6. The lowest BCUT2D eigenvalue weighted by Crippen LogP contribution is -2.38. The number of phenolic OH excluding ortho intramolecular Hbond substituents is 1. The number of halogens is 2. The molecule has 0 atom stereocenters. The lowest BCUT2D eigenvalue weighted by atomic mass is 10.2. The summed E-state index contributed by atoms with van der Waals surface area (Å²) in [5.74, 6) is -0.903. The fourth-order valence-corrected chi connectivity index (χ4v) is 3.38. The Hall–Kier alpha value is -2.29. The van der Waals surface area contributed by atoms with Crippen LogP contribution in [-0.2, 0) is 14.8 Å². The number of nitrogens with zero attached hydrogens (tertiary/aromatic N) is 2. The maximum absolute atomic E-state index is 12.0. The molecule has 0 aliphatic rings. The van der Waals surface area contributed by atoms with Crippen molar-refractivity contribution in [2.45, 2.75) is 0 Å². The first-order valence-electron chi connectivity index (χ1n) is 7.21. The zero-order valence-corrected chi connectivity index (χ0v) is 15.9. The molecule has 0 spiro atoms. The summed E-state index contributed by atoms with van der Waals surface area (Å²) in [4.78, 5) is 12.0. The van der Waals surface area contributed by atoms with E-state index >= 15 is 0 Å². The number of nitrogens with one attached hydrogen (secondary N) is 1. The number of phenols is 1. The molecule has 0 bridgehead atoms. The first-order chi connectivity index (χ1) is 12.2. The van der Waals surface area contributed by atoms with Crippen molar-refractivity contribution in [2.24, 2.45) is 5.10 Å². The Morgan fingerprint density at radius 1 is 1.27 bits per heavy atom. The summed E-state index contributed by atoms with van der Waals surface area (Å²) < 4.78 is 24.8. The Bertz CT molecular complexity index is 934. The SMILES string of the molecule is CS(=O)(=O)N(CC(=O)N/N=C/c1cc(Cl)cc(Cl)c1O)c1ccccc1. The van der Waals surface area contributed by atoms with Crippen LogP contribution in [0.2, 0.25) is 10.0 Å². The number of hydrogen-bond acceptors (Lipinski definition) is 5. The molecule has 0 saturated heterocycles. The van der Waals surface area contributed by atoms with Gasteiger partial charge in [-0.1, -0.05) is 41.4 Å². The van der Waals surface area contributed by atoms with Gasteiger partial charge in [0, 0.05) is 10.6 Å². The number of aromatic hydroxyl groups is 1. The molecule has 10 heteroatoms. The van der Waals surface area contributed by atoms with Crippen molar-refractivity contribution in [3.63, 3.8) is 0 Å². The fourth-order valence-electron chi connectivity index (χ4n) is 2.02. The summed E-state index contributed by atoms with van der Waals surface area (Å²) in [5, 5.41) is 13.8. The van der Waals surface area contributed by atoms with Gasteiger partial charge in [-0.25, -0.2) is 13.8 Å². The first kappa shape index (κ1) is 20.0. The highest BCUT2D eigenvalue weighted by Crippen LogP contribution is 2.29. The standard InChI is InChI=1S/C16H15Cl2N3O4S/c1-26(24,25)21(13-5-3-2-4-6-13)10-15(22)20-19-9-11-7-12(17)8-14(18)16(11)23/h2-9,23H,10H2,1H3,(H,20,22)/b19-9+. The normalized spacial score (nSPS) is 11.5. The minimum Gasteiger partial charge on any atom is -0.506 e. The predicted molar refractivity (Wildman–Crippen MR) is 102 cm³/mol. The van der Waals surface area contributed by atoms with Gasteiger partial charge in [0.15, 0.2) is 0 Å². The van der Waals surface area contributed by atoms with Crippen LogP contribution in [0.25, 0.3) is 0 Å². The molecule has 0 aliphatic heterocycles. The van der Waals surface area contributed by atoms with Gasteiger partial charge in [0.2, 0.25) is 10.0 Å². The van der Waals surface area contributed by atoms with Gasteiger partial charge in [-0.2, -0.15) is 5.10 Å². The van der Waals surface area contributed by atoms with Crippen LogP contribution in [0.5, 0.6) is 5.75 Å². The molecule has 1 amide bonds. The van der Waals surface area contributed by atoms with Crippen LogP contribution in [0.4, 0.5) is 5.69 Å². The lowest BCUT2D eigenvalue weighted by Gasteiger charge is -2.21. The lowest BCUT2D eigenvalue weighted by molar-refractivity contribution is -0.119. The highest BCUT2D eigenvalue weighted by Gasteiger charge is 2.20. The summed E-state index contributed by atoms with van der Waals surface area (Å²) in [6, 6.07) is 11.0. The van der Waals surface area contributed by atoms with E-state index in [0.717, 1.165) is 16.8 Å². The summed E-state index contributed by atoms with van der Waals surface area (Å²) in [6.45, 7) is -0.456. The van der Waals surface area contributed by atoms with Gasteiger partial charge in [-0.3, -0.25) is 9.10 Å². The predicted octanol–water partition coefficient (Wildman–Crippen LogP) is 2.62. The molecule has 0 saturated carbocycles. The van der Waals surface area contributed by atoms with Gasteiger partial charge >= 0.3 is 0 Å². The summed E-state index contributed by atoms with van der Waals surface area (Å²) in [6.07, 6.45) is 2.15. The zero-order chi connectivity index (χ0) is 19.3. The molecule has 2 N–H and O–H groups in total. The number of sulfonamides is 1. The second-order valence-electron chi connectivity index (χ2n) is 5.22. The topological polar surface area (TPSA) is 99.1 Å². The first-order valence-corrected chi connectivity index (χ1v) is 9.81. The zero-order valence-electron chi connectivity index (χ0n) is 13.6. The molecular weight excluding hydrogens is 401 g/mol. The van der Waals surface area contributed by atoms with Gasteiger partial charge < -0.3 is 5.11 Å². The van der Waals surface area contributed by atoms with Gasteiger partial charge in [-0.05, 0) is 24.3 Å². The Labute approximate surface area is 160 Å². The van der Waals surface area contributed by atoms with Crippen LogP contribution in [0.15, 0.2) is 47.6 Å². The fraction of sp³-hybridized carbons (Fsp3) is 0.125. The van der Waals surface area contributed by atoms with Gasteiger partial charge in [0.1, 0.15) is 12.3 Å². The maximum Gasteiger partial charge on any atom is 0.260 e. The molecule has 138 valence electrons. The van der Waals surface area contributed by atoms with Crippen molar-refractivity contribution in [1.82, 2.24) is 5.43 Å². The van der Waals surface area contributed by atoms with Crippen LogP contribution >= 0.6 is 23.2 Å². The smallest absolute Gasteiger partial charge is 0.260 e. The summed E-state index contributed by atoms with van der Waals surface area (Å²) in [7, 11) is -3.66. The average molecular weight is 416 g/mol. The minimum atomic E-state index is -3.66. The Balaban J connectivity index is 2.10. The molecule has 2 rings (SSSR count). The Morgan fingerprint density at radius 3 is 2.54 bits per heavy atom. The highest BCUT2D eigenvalue weighted by molar-refractivity contribution is 7.92. The molecule has 7 nitrogen and oxygen atoms in total. The highest BCUT2D eigenvalue weighted by atomic mass is 35.5. The third-order valence-electron chi connectivity index (χ3n) is 3.18. The molecule has 0 aromatic heterocycles. The number of hydrogen-bond donors (Lipinski definition) is 2. The number of carbonyl (C=O) groups is 1. The largest absolute Gasteiger partial charge is 0.506 e. The third kappa shape index (κ3) is 5.35. The van der Waals surface area contributed by atoms with E-state index < -0.39 is 22.5 Å². The van der Waals surface area contributed by atoms with Crippen molar-refractivity contribution in [1.29, 1.82) is 0 Å². The van der Waals surface area contributed by atoms with Crippen LogP contribution < -0.4 is 9.73 Å². The van der Waals surface area contributed by atoms with Crippen LogP contribution in [0.3, 0.4) is 0 Å². The number of benzene rings is 2. The van der Waals surface area contributed by atoms with Crippen molar-refractivity contribution in [3.05, 3.63) is 58.1 Å². The molecule has 0 unspecified atom stereocenters. The number of amides is 1. The molecule has 0 fully saturated rings. The van der Waals surface area contributed by atoms with E-state index in [1.165, 1.54) is 12.1 Å². The average Bonchev–Trinajstić information content (AvgIpc) is 2.56. The molecule has 0 heterocycles. The molecule has 2 aromatic rings. The minimum absolute atomic E-state index is 0.0394. The second-order valence-corrected chi connectivity index (χ2v) is 7.97. The van der Waals surface area contributed by atoms with Crippen molar-refractivity contribution in [3.8, 4) is 5.75 Å². The number of anilines is 1. The van der Waals surface area contributed by atoms with Crippen molar-refractivity contribution >= 4 is 51.0 Å². The molecular formula is C16H15Cl2N3O4S. The van der Waals surface area contributed by atoms with E-state index in [0.29, 0.717) is 5.69 Å². The van der Waals surface area contributed by atoms with Gasteiger partial charge in [0.05, 0.1) is 23.2 Å². The van der Waals surface area contributed by atoms with E-state index in [4.69, 9.17) is 23.2 Å². The maximum atomic E-state index is 12.0. The number of hydrazone groups is 1. The van der Waals surface area contributed by atoms with E-state index in [9.17, 15) is 18.3 Å².